The quantitative estimate of drug-likeness (QED) is 0.489. The molecule has 0 nitrogen and oxygen atoms in total. The smallest absolute Gasteiger partial charge is 0.0328 e. The largest absolute Gasteiger partial charge is 0.103 e. The number of allylic oxidation sites excluding steroid dienone is 1. The van der Waals surface area contributed by atoms with Gasteiger partial charge in [-0.25, -0.2) is 0 Å². The lowest BCUT2D eigenvalue weighted by Crippen LogP contribution is -1.89. The van der Waals surface area contributed by atoms with E-state index in [-0.39, 0.29) is 0 Å². The summed E-state index contributed by atoms with van der Waals surface area (Å²) in [7, 11) is 0. The van der Waals surface area contributed by atoms with E-state index in [1.165, 1.54) is 6.42 Å². The van der Waals surface area contributed by atoms with Crippen LogP contribution in [0.2, 0.25) is 0 Å². The van der Waals surface area contributed by atoms with Crippen molar-refractivity contribution in [2.24, 2.45) is 5.92 Å². The lowest BCUT2D eigenvalue weighted by molar-refractivity contribution is 0.546. The van der Waals surface area contributed by atoms with Gasteiger partial charge in [-0.05, 0) is 12.3 Å². The third-order valence-corrected chi connectivity index (χ3v) is 1.27. The first-order valence-electron chi connectivity index (χ1n) is 3.21. The van der Waals surface area contributed by atoms with E-state index in [1.807, 2.05) is 6.08 Å². The zero-order valence-corrected chi connectivity index (χ0v) is 5.69. The van der Waals surface area contributed by atoms with Gasteiger partial charge in [0, 0.05) is 0 Å². The van der Waals surface area contributed by atoms with Gasteiger partial charge in [0.05, 0.1) is 0 Å². The minimum atomic E-state index is 0.782. The van der Waals surface area contributed by atoms with Crippen molar-refractivity contribution < 1.29 is 0 Å². The minimum Gasteiger partial charge on any atom is -0.103 e. The van der Waals surface area contributed by atoms with Gasteiger partial charge >= 0.3 is 0 Å². The molecule has 0 heteroatoms. The van der Waals surface area contributed by atoms with E-state index >= 15 is 0 Å². The van der Waals surface area contributed by atoms with Crippen molar-refractivity contribution in [3.8, 4) is 0 Å². The summed E-state index contributed by atoms with van der Waals surface area (Å²) in [5, 5.41) is 0. The summed E-state index contributed by atoms with van der Waals surface area (Å²) in [6.45, 7) is 9.67. The van der Waals surface area contributed by atoms with Crippen molar-refractivity contribution in [2.45, 2.75) is 26.2 Å². The van der Waals surface area contributed by atoms with E-state index in [1.54, 1.807) is 0 Å². The lowest BCUT2D eigenvalue weighted by atomic mass is 10.0. The molecule has 0 saturated heterocycles. The molecule has 0 N–H and O–H groups in total. The standard InChI is InChI=1S/C8H15/c1-4-6-8(3)7-5-2/h4,8H,1-2,5-7H2,3H3. The van der Waals surface area contributed by atoms with Crippen molar-refractivity contribution in [1.29, 1.82) is 0 Å². The Morgan fingerprint density at radius 3 is 2.62 bits per heavy atom. The molecule has 0 aromatic carbocycles. The van der Waals surface area contributed by atoms with Gasteiger partial charge in [0.1, 0.15) is 0 Å². The molecular formula is C8H15. The highest BCUT2D eigenvalue weighted by Crippen LogP contribution is 2.08. The molecule has 1 radical (unpaired) electrons. The molecule has 0 bridgehead atoms. The van der Waals surface area contributed by atoms with Gasteiger partial charge in [-0.2, -0.15) is 0 Å². The van der Waals surface area contributed by atoms with Gasteiger partial charge in [-0.15, -0.1) is 6.58 Å². The summed E-state index contributed by atoms with van der Waals surface area (Å²) in [4.78, 5) is 0. The highest BCUT2D eigenvalue weighted by Gasteiger charge is 1.94. The second kappa shape index (κ2) is 4.89. The molecular weight excluding hydrogens is 96.1 g/mol. The van der Waals surface area contributed by atoms with Crippen LogP contribution in [0.15, 0.2) is 12.7 Å². The Kier molecular flexibility index (Phi) is 4.73. The maximum Gasteiger partial charge on any atom is -0.0328 e. The molecule has 0 aromatic heterocycles. The average Bonchev–Trinajstić information content (AvgIpc) is 1.68. The fourth-order valence-electron chi connectivity index (χ4n) is 0.751. The zero-order valence-electron chi connectivity index (χ0n) is 5.69. The van der Waals surface area contributed by atoms with E-state index in [2.05, 4.69) is 20.4 Å². The van der Waals surface area contributed by atoms with Crippen LogP contribution in [0.3, 0.4) is 0 Å². The lowest BCUT2D eigenvalue weighted by Gasteiger charge is -2.03. The van der Waals surface area contributed by atoms with E-state index in [0.717, 1.165) is 18.8 Å². The molecule has 8 heavy (non-hydrogen) atoms. The Balaban J connectivity index is 3.03. The van der Waals surface area contributed by atoms with Gasteiger partial charge in [-0.3, -0.25) is 0 Å². The number of rotatable bonds is 4. The SMILES string of the molecule is [CH2]CCC(C)CC=C. The molecule has 0 aromatic rings. The summed E-state index contributed by atoms with van der Waals surface area (Å²) >= 11 is 0. The molecule has 0 saturated carbocycles. The van der Waals surface area contributed by atoms with Crippen molar-refractivity contribution in [3.05, 3.63) is 19.6 Å². The highest BCUT2D eigenvalue weighted by atomic mass is 14.0. The van der Waals surface area contributed by atoms with Crippen LogP contribution in [0.5, 0.6) is 0 Å². The maximum absolute atomic E-state index is 3.77. The van der Waals surface area contributed by atoms with E-state index in [0.29, 0.717) is 0 Å². The fourth-order valence-corrected chi connectivity index (χ4v) is 0.751. The molecule has 0 amide bonds. The monoisotopic (exact) mass is 111 g/mol. The van der Waals surface area contributed by atoms with Crippen LogP contribution in [0.25, 0.3) is 0 Å². The molecule has 1 atom stereocenters. The predicted molar refractivity (Wildman–Crippen MR) is 38.6 cm³/mol. The Morgan fingerprint density at radius 1 is 1.62 bits per heavy atom. The summed E-state index contributed by atoms with van der Waals surface area (Å²) in [5.74, 6) is 0.782. The summed E-state index contributed by atoms with van der Waals surface area (Å²) in [5.41, 5.74) is 0. The normalized spacial score (nSPS) is 13.2. The maximum atomic E-state index is 3.77. The molecule has 0 aliphatic carbocycles. The molecule has 0 fully saturated rings. The van der Waals surface area contributed by atoms with Crippen LogP contribution in [-0.2, 0) is 0 Å². The number of hydrogen-bond acceptors (Lipinski definition) is 0. The van der Waals surface area contributed by atoms with E-state index in [4.69, 9.17) is 0 Å². The van der Waals surface area contributed by atoms with Gasteiger partial charge in [0.2, 0.25) is 0 Å². The first-order chi connectivity index (χ1) is 3.81. The van der Waals surface area contributed by atoms with Crippen molar-refractivity contribution >= 4 is 0 Å². The van der Waals surface area contributed by atoms with Crippen molar-refractivity contribution in [3.63, 3.8) is 0 Å². The van der Waals surface area contributed by atoms with Crippen LogP contribution >= 0.6 is 0 Å². The topological polar surface area (TPSA) is 0 Å². The Hall–Kier alpha value is -0.260. The highest BCUT2D eigenvalue weighted by molar-refractivity contribution is 4.70. The Labute approximate surface area is 52.6 Å². The van der Waals surface area contributed by atoms with Gasteiger partial charge < -0.3 is 0 Å². The fraction of sp³-hybridized carbons (Fsp3) is 0.625. The van der Waals surface area contributed by atoms with E-state index < -0.39 is 0 Å². The van der Waals surface area contributed by atoms with Crippen molar-refractivity contribution in [2.75, 3.05) is 0 Å². The van der Waals surface area contributed by atoms with Gasteiger partial charge in [0.25, 0.3) is 0 Å². The first-order valence-corrected chi connectivity index (χ1v) is 3.21. The zero-order chi connectivity index (χ0) is 6.41. The summed E-state index contributed by atoms with van der Waals surface area (Å²) in [6.07, 6.45) is 5.39. The molecule has 0 aliphatic heterocycles. The molecule has 47 valence electrons. The van der Waals surface area contributed by atoms with Crippen LogP contribution in [-0.4, -0.2) is 0 Å². The molecule has 0 rings (SSSR count). The second-order valence-electron chi connectivity index (χ2n) is 2.27. The Bertz CT molecular complexity index is 55.1. The first kappa shape index (κ1) is 7.74. The van der Waals surface area contributed by atoms with Crippen LogP contribution in [0.1, 0.15) is 26.2 Å². The molecule has 0 aliphatic rings. The summed E-state index contributed by atoms with van der Waals surface area (Å²) < 4.78 is 0. The van der Waals surface area contributed by atoms with Crippen molar-refractivity contribution in [1.82, 2.24) is 0 Å². The summed E-state index contributed by atoms with van der Waals surface area (Å²) in [6, 6.07) is 0. The van der Waals surface area contributed by atoms with E-state index in [9.17, 15) is 0 Å². The van der Waals surface area contributed by atoms with Gasteiger partial charge in [-0.1, -0.05) is 32.8 Å². The molecule has 0 heterocycles. The third-order valence-electron chi connectivity index (χ3n) is 1.27. The second-order valence-corrected chi connectivity index (χ2v) is 2.27. The van der Waals surface area contributed by atoms with Crippen LogP contribution in [0, 0.1) is 12.8 Å². The van der Waals surface area contributed by atoms with Crippen LogP contribution in [0.4, 0.5) is 0 Å². The minimum absolute atomic E-state index is 0.782. The van der Waals surface area contributed by atoms with Gasteiger partial charge in [0.15, 0.2) is 0 Å². The average molecular weight is 111 g/mol. The number of hydrogen-bond donors (Lipinski definition) is 0. The third kappa shape index (κ3) is 3.91. The van der Waals surface area contributed by atoms with Crippen LogP contribution < -0.4 is 0 Å². The molecule has 1 unspecified atom stereocenters. The predicted octanol–water partition coefficient (Wildman–Crippen LogP) is 2.81. The molecule has 0 spiro atoms. The Morgan fingerprint density at radius 2 is 2.25 bits per heavy atom.